The largest absolute Gasteiger partial charge is 0.345 e. The molecule has 26 heavy (non-hydrogen) atoms. The molecule has 0 saturated heterocycles. The Kier molecular flexibility index (Phi) is 4.52. The van der Waals surface area contributed by atoms with E-state index in [9.17, 15) is 9.18 Å². The highest BCUT2D eigenvalue weighted by Gasteiger charge is 2.30. The van der Waals surface area contributed by atoms with Gasteiger partial charge < -0.3 is 9.88 Å². The van der Waals surface area contributed by atoms with E-state index in [0.717, 1.165) is 36.3 Å². The first-order valence-corrected chi connectivity index (χ1v) is 8.84. The van der Waals surface area contributed by atoms with Crippen LogP contribution < -0.4 is 5.32 Å². The van der Waals surface area contributed by atoms with E-state index >= 15 is 0 Å². The Balaban J connectivity index is 1.65. The number of nitrogens with zero attached hydrogens (tertiary/aromatic N) is 2. The Morgan fingerprint density at radius 3 is 2.77 bits per heavy atom. The van der Waals surface area contributed by atoms with Crippen LogP contribution in [0.2, 0.25) is 0 Å². The summed E-state index contributed by atoms with van der Waals surface area (Å²) in [4.78, 5) is 17.4. The van der Waals surface area contributed by atoms with Crippen molar-refractivity contribution in [2.75, 3.05) is 0 Å². The van der Waals surface area contributed by atoms with Gasteiger partial charge in [-0.2, -0.15) is 0 Å². The maximum Gasteiger partial charge on any atom is 0.231 e. The maximum absolute atomic E-state index is 13.8. The van der Waals surface area contributed by atoms with E-state index in [1.165, 1.54) is 12.1 Å². The molecule has 132 valence electrons. The molecule has 0 spiro atoms. The van der Waals surface area contributed by atoms with Crippen LogP contribution in [0.3, 0.4) is 0 Å². The number of aromatic nitrogens is 2. The highest BCUT2D eigenvalue weighted by molar-refractivity contribution is 5.83. The molecule has 0 saturated carbocycles. The first kappa shape index (κ1) is 16.5. The van der Waals surface area contributed by atoms with Crippen LogP contribution in [0.15, 0.2) is 67.0 Å². The first-order chi connectivity index (χ1) is 12.7. The lowest BCUT2D eigenvalue weighted by Gasteiger charge is -2.26. The van der Waals surface area contributed by atoms with Crippen molar-refractivity contribution in [3.05, 3.63) is 89.8 Å². The quantitative estimate of drug-likeness (QED) is 0.779. The van der Waals surface area contributed by atoms with Gasteiger partial charge in [0.05, 0.1) is 12.0 Å². The average molecular weight is 349 g/mol. The van der Waals surface area contributed by atoms with Gasteiger partial charge in [0.15, 0.2) is 0 Å². The third kappa shape index (κ3) is 3.25. The molecular formula is C21H20FN3O. The Morgan fingerprint density at radius 1 is 1.15 bits per heavy atom. The summed E-state index contributed by atoms with van der Waals surface area (Å²) in [5.41, 5.74) is 1.65. The van der Waals surface area contributed by atoms with Crippen molar-refractivity contribution in [2.24, 2.45) is 0 Å². The molecule has 1 aromatic heterocycles. The van der Waals surface area contributed by atoms with Gasteiger partial charge in [-0.25, -0.2) is 9.37 Å². The number of benzene rings is 2. The molecule has 2 atom stereocenters. The molecule has 1 N–H and O–H groups in total. The van der Waals surface area contributed by atoms with Gasteiger partial charge in [-0.15, -0.1) is 0 Å². The van der Waals surface area contributed by atoms with Crippen LogP contribution in [0.5, 0.6) is 0 Å². The van der Waals surface area contributed by atoms with Crippen molar-refractivity contribution >= 4 is 5.91 Å². The van der Waals surface area contributed by atoms with Gasteiger partial charge in [0.1, 0.15) is 11.6 Å². The summed E-state index contributed by atoms with van der Waals surface area (Å²) in [6.07, 6.45) is 5.36. The molecule has 2 aromatic carbocycles. The van der Waals surface area contributed by atoms with E-state index in [2.05, 4.69) is 10.3 Å². The van der Waals surface area contributed by atoms with E-state index in [-0.39, 0.29) is 17.6 Å². The summed E-state index contributed by atoms with van der Waals surface area (Å²) in [7, 11) is 0. The van der Waals surface area contributed by atoms with Crippen LogP contribution in [0, 0.1) is 5.82 Å². The first-order valence-electron chi connectivity index (χ1n) is 8.84. The van der Waals surface area contributed by atoms with E-state index in [4.69, 9.17) is 0 Å². The van der Waals surface area contributed by atoms with Crippen molar-refractivity contribution in [1.29, 1.82) is 0 Å². The number of halogens is 1. The fraction of sp³-hybridized carbons (Fsp3) is 0.238. The van der Waals surface area contributed by atoms with Gasteiger partial charge in [-0.3, -0.25) is 4.79 Å². The summed E-state index contributed by atoms with van der Waals surface area (Å²) in [6, 6.07) is 15.6. The lowest BCUT2D eigenvalue weighted by molar-refractivity contribution is -0.123. The normalized spacial score (nSPS) is 17.3. The Hall–Kier alpha value is -2.95. The zero-order chi connectivity index (χ0) is 17.9. The van der Waals surface area contributed by atoms with Crippen LogP contribution in [0.1, 0.15) is 41.8 Å². The number of carbonyl (C=O) groups excluding carboxylic acids is 1. The summed E-state index contributed by atoms with van der Waals surface area (Å²) < 4.78 is 15.8. The SMILES string of the molecule is O=C(NC(c1ccccc1)c1cccc(F)c1)C1CCCn2ccnc21. The monoisotopic (exact) mass is 349 g/mol. The Morgan fingerprint density at radius 2 is 1.96 bits per heavy atom. The average Bonchev–Trinajstić information content (AvgIpc) is 3.15. The van der Waals surface area contributed by atoms with E-state index in [0.29, 0.717) is 0 Å². The maximum atomic E-state index is 13.8. The third-order valence-corrected chi connectivity index (χ3v) is 4.87. The molecule has 1 aliphatic heterocycles. The molecule has 1 amide bonds. The number of carbonyl (C=O) groups is 1. The molecule has 0 radical (unpaired) electrons. The third-order valence-electron chi connectivity index (χ3n) is 4.87. The Labute approximate surface area is 151 Å². The second-order valence-corrected chi connectivity index (χ2v) is 6.58. The number of aryl methyl sites for hydroxylation is 1. The van der Waals surface area contributed by atoms with Crippen LogP contribution in [0.25, 0.3) is 0 Å². The molecule has 1 aliphatic rings. The van der Waals surface area contributed by atoms with Crippen LogP contribution in [-0.2, 0) is 11.3 Å². The summed E-state index contributed by atoms with van der Waals surface area (Å²) in [5.74, 6) is 0.138. The number of nitrogens with one attached hydrogen (secondary N) is 1. The van der Waals surface area contributed by atoms with E-state index < -0.39 is 6.04 Å². The lowest BCUT2D eigenvalue weighted by Crippen LogP contribution is -2.36. The van der Waals surface area contributed by atoms with Crippen molar-refractivity contribution in [1.82, 2.24) is 14.9 Å². The fourth-order valence-corrected chi connectivity index (χ4v) is 3.60. The van der Waals surface area contributed by atoms with E-state index in [1.54, 1.807) is 12.3 Å². The van der Waals surface area contributed by atoms with Crippen LogP contribution in [0.4, 0.5) is 4.39 Å². The molecule has 4 rings (SSSR count). The smallest absolute Gasteiger partial charge is 0.231 e. The molecule has 4 nitrogen and oxygen atoms in total. The summed E-state index contributed by atoms with van der Waals surface area (Å²) in [5, 5.41) is 3.12. The van der Waals surface area contributed by atoms with Gasteiger partial charge in [0, 0.05) is 18.9 Å². The van der Waals surface area contributed by atoms with Gasteiger partial charge in [0.25, 0.3) is 0 Å². The zero-order valence-electron chi connectivity index (χ0n) is 14.3. The number of rotatable bonds is 4. The fourth-order valence-electron chi connectivity index (χ4n) is 3.60. The van der Waals surface area contributed by atoms with E-state index in [1.807, 2.05) is 47.2 Å². The Bertz CT molecular complexity index is 906. The number of hydrogen-bond donors (Lipinski definition) is 1. The number of imidazole rings is 1. The highest BCUT2D eigenvalue weighted by atomic mass is 19.1. The van der Waals surface area contributed by atoms with Gasteiger partial charge >= 0.3 is 0 Å². The van der Waals surface area contributed by atoms with Crippen LogP contribution in [-0.4, -0.2) is 15.5 Å². The number of amides is 1. The molecule has 3 aromatic rings. The van der Waals surface area contributed by atoms with Crippen molar-refractivity contribution in [2.45, 2.75) is 31.3 Å². The second-order valence-electron chi connectivity index (χ2n) is 6.58. The van der Waals surface area contributed by atoms with Crippen molar-refractivity contribution in [3.8, 4) is 0 Å². The highest BCUT2D eigenvalue weighted by Crippen LogP contribution is 2.29. The summed E-state index contributed by atoms with van der Waals surface area (Å²) >= 11 is 0. The molecule has 0 aliphatic carbocycles. The minimum Gasteiger partial charge on any atom is -0.345 e. The molecule has 0 bridgehead atoms. The predicted octanol–water partition coefficient (Wildman–Crippen LogP) is 3.81. The van der Waals surface area contributed by atoms with Gasteiger partial charge in [-0.1, -0.05) is 42.5 Å². The minimum atomic E-state index is -0.398. The second kappa shape index (κ2) is 7.12. The van der Waals surface area contributed by atoms with Crippen molar-refractivity contribution in [3.63, 3.8) is 0 Å². The predicted molar refractivity (Wildman–Crippen MR) is 97.0 cm³/mol. The number of hydrogen-bond acceptors (Lipinski definition) is 2. The topological polar surface area (TPSA) is 46.9 Å². The molecule has 2 heterocycles. The van der Waals surface area contributed by atoms with Gasteiger partial charge in [0.2, 0.25) is 5.91 Å². The molecule has 2 unspecified atom stereocenters. The number of fused-ring (bicyclic) bond motifs is 1. The minimum absolute atomic E-state index is 0.0738. The zero-order valence-corrected chi connectivity index (χ0v) is 14.3. The van der Waals surface area contributed by atoms with Crippen LogP contribution >= 0.6 is 0 Å². The standard InChI is InChI=1S/C21H20FN3O/c22-17-9-4-8-16(14-17)19(15-6-2-1-3-7-15)24-21(26)18-10-5-12-25-13-11-23-20(18)25/h1-4,6-9,11,13-14,18-19H,5,10,12H2,(H,24,26). The molecule has 5 heteroatoms. The van der Waals surface area contributed by atoms with Crippen molar-refractivity contribution < 1.29 is 9.18 Å². The lowest BCUT2D eigenvalue weighted by atomic mass is 9.94. The van der Waals surface area contributed by atoms with Gasteiger partial charge in [-0.05, 0) is 36.1 Å². The molecular weight excluding hydrogens is 329 g/mol. The summed E-state index contributed by atoms with van der Waals surface area (Å²) in [6.45, 7) is 0.894. The molecule has 0 fully saturated rings.